The highest BCUT2D eigenvalue weighted by Crippen LogP contribution is 2.21. The second-order valence-electron chi connectivity index (χ2n) is 5.36. The van der Waals surface area contributed by atoms with Crippen LogP contribution in [0, 0.1) is 13.8 Å². The van der Waals surface area contributed by atoms with Gasteiger partial charge in [-0.05, 0) is 20.1 Å². The quantitative estimate of drug-likeness (QED) is 0.620. The number of hydrogen-bond acceptors (Lipinski definition) is 8. The fourth-order valence-electron chi connectivity index (χ4n) is 2.55. The Morgan fingerprint density at radius 2 is 1.95 bits per heavy atom. The minimum Gasteiger partial charge on any atom is -0.354 e. The van der Waals surface area contributed by atoms with Gasteiger partial charge in [-0.15, -0.1) is 0 Å². The first-order chi connectivity index (χ1) is 10.7. The van der Waals surface area contributed by atoms with Crippen molar-refractivity contribution in [2.75, 3.05) is 37.3 Å². The van der Waals surface area contributed by atoms with Crippen LogP contribution in [0.2, 0.25) is 0 Å². The molecule has 7 nitrogen and oxygen atoms in total. The summed E-state index contributed by atoms with van der Waals surface area (Å²) < 4.78 is 5.19. The Morgan fingerprint density at radius 1 is 1.18 bits per heavy atom. The molecule has 0 radical (unpaired) electrons. The summed E-state index contributed by atoms with van der Waals surface area (Å²) in [5.41, 5.74) is 1.12. The average molecular weight is 320 g/mol. The van der Waals surface area contributed by atoms with Gasteiger partial charge in [0.1, 0.15) is 5.82 Å². The summed E-state index contributed by atoms with van der Waals surface area (Å²) in [6.45, 7) is 8.42. The second kappa shape index (κ2) is 6.62. The van der Waals surface area contributed by atoms with E-state index in [4.69, 9.17) is 4.52 Å². The average Bonchev–Trinajstić information content (AvgIpc) is 2.94. The highest BCUT2D eigenvalue weighted by molar-refractivity contribution is 7.98. The Hall–Kier alpha value is -1.67. The van der Waals surface area contributed by atoms with Crippen molar-refractivity contribution in [2.45, 2.75) is 25.5 Å². The largest absolute Gasteiger partial charge is 0.354 e. The number of hydrogen-bond donors (Lipinski definition) is 0. The van der Waals surface area contributed by atoms with Gasteiger partial charge >= 0.3 is 0 Å². The Kier molecular flexibility index (Phi) is 4.58. The second-order valence-corrected chi connectivity index (χ2v) is 6.14. The van der Waals surface area contributed by atoms with E-state index in [1.807, 2.05) is 19.4 Å². The van der Waals surface area contributed by atoms with Gasteiger partial charge in [0, 0.05) is 37.9 Å². The number of nitrogens with zero attached hydrogens (tertiary/aromatic N) is 6. The number of aromatic nitrogens is 4. The van der Waals surface area contributed by atoms with Crippen molar-refractivity contribution in [3.8, 4) is 0 Å². The molecule has 1 saturated heterocycles. The van der Waals surface area contributed by atoms with Crippen LogP contribution in [-0.4, -0.2) is 57.4 Å². The zero-order valence-electron chi connectivity index (χ0n) is 13.1. The number of rotatable bonds is 4. The molecule has 0 N–H and O–H groups in total. The molecule has 0 saturated carbocycles. The monoisotopic (exact) mass is 320 g/mol. The van der Waals surface area contributed by atoms with Gasteiger partial charge < -0.3 is 9.42 Å². The fraction of sp³-hybridized carbons (Fsp3) is 0.571. The lowest BCUT2D eigenvalue weighted by atomic mass is 10.2. The molecule has 1 fully saturated rings. The summed E-state index contributed by atoms with van der Waals surface area (Å²) in [5.74, 6) is 2.43. The lowest BCUT2D eigenvalue weighted by Crippen LogP contribution is -2.46. The Morgan fingerprint density at radius 3 is 2.59 bits per heavy atom. The van der Waals surface area contributed by atoms with E-state index in [0.29, 0.717) is 18.3 Å². The minimum absolute atomic E-state index is 0.689. The standard InChI is InChI=1S/C14H20N6OS/c1-10-8-15-14(22-3)17-13(10)20-6-4-19(5-7-20)9-12-16-11(2)18-21-12/h8H,4-7,9H2,1-3H3. The third-order valence-electron chi connectivity index (χ3n) is 3.71. The first-order valence-electron chi connectivity index (χ1n) is 7.30. The summed E-state index contributed by atoms with van der Waals surface area (Å²) >= 11 is 1.57. The molecule has 0 amide bonds. The lowest BCUT2D eigenvalue weighted by Gasteiger charge is -2.35. The summed E-state index contributed by atoms with van der Waals surface area (Å²) in [6, 6.07) is 0. The van der Waals surface area contributed by atoms with E-state index in [9.17, 15) is 0 Å². The fourth-order valence-corrected chi connectivity index (χ4v) is 2.89. The molecular formula is C14H20N6OS. The van der Waals surface area contributed by atoms with Gasteiger partial charge in [0.05, 0.1) is 6.54 Å². The molecule has 0 bridgehead atoms. The van der Waals surface area contributed by atoms with Gasteiger partial charge in [0.25, 0.3) is 0 Å². The van der Waals surface area contributed by atoms with E-state index < -0.39 is 0 Å². The molecule has 3 heterocycles. The molecule has 0 unspecified atom stereocenters. The topological polar surface area (TPSA) is 71.2 Å². The third-order valence-corrected chi connectivity index (χ3v) is 4.27. The van der Waals surface area contributed by atoms with Crippen LogP contribution in [0.25, 0.3) is 0 Å². The highest BCUT2D eigenvalue weighted by Gasteiger charge is 2.21. The molecule has 0 aliphatic carbocycles. The van der Waals surface area contributed by atoms with E-state index >= 15 is 0 Å². The van der Waals surface area contributed by atoms with Crippen LogP contribution in [-0.2, 0) is 6.54 Å². The van der Waals surface area contributed by atoms with Gasteiger partial charge in [-0.2, -0.15) is 4.98 Å². The number of anilines is 1. The maximum atomic E-state index is 5.19. The first kappa shape index (κ1) is 15.2. The van der Waals surface area contributed by atoms with E-state index in [0.717, 1.165) is 42.7 Å². The van der Waals surface area contributed by atoms with Gasteiger partial charge in [-0.3, -0.25) is 4.90 Å². The smallest absolute Gasteiger partial charge is 0.240 e. The van der Waals surface area contributed by atoms with Crippen molar-refractivity contribution in [2.24, 2.45) is 0 Å². The van der Waals surface area contributed by atoms with Crippen molar-refractivity contribution in [3.05, 3.63) is 23.5 Å². The highest BCUT2D eigenvalue weighted by atomic mass is 32.2. The van der Waals surface area contributed by atoms with Gasteiger partial charge in [0.15, 0.2) is 11.0 Å². The van der Waals surface area contributed by atoms with Crippen LogP contribution in [0.4, 0.5) is 5.82 Å². The van der Waals surface area contributed by atoms with Gasteiger partial charge in [-0.1, -0.05) is 16.9 Å². The molecule has 0 aromatic carbocycles. The molecule has 8 heteroatoms. The maximum absolute atomic E-state index is 5.19. The summed E-state index contributed by atoms with van der Waals surface area (Å²) in [5, 5.41) is 4.66. The Labute approximate surface area is 134 Å². The molecule has 0 atom stereocenters. The predicted octanol–water partition coefficient (Wildman–Crippen LogP) is 1.52. The maximum Gasteiger partial charge on any atom is 0.240 e. The molecule has 0 spiro atoms. The zero-order valence-corrected chi connectivity index (χ0v) is 13.9. The van der Waals surface area contributed by atoms with Gasteiger partial charge in [0.2, 0.25) is 5.89 Å². The Bertz CT molecular complexity index is 638. The molecular weight excluding hydrogens is 300 g/mol. The van der Waals surface area contributed by atoms with Crippen molar-refractivity contribution < 1.29 is 4.52 Å². The predicted molar refractivity (Wildman–Crippen MR) is 85.1 cm³/mol. The van der Waals surface area contributed by atoms with Crippen LogP contribution in [0.15, 0.2) is 15.9 Å². The molecule has 1 aliphatic rings. The molecule has 22 heavy (non-hydrogen) atoms. The molecule has 2 aromatic heterocycles. The van der Waals surface area contributed by atoms with Crippen molar-refractivity contribution in [3.63, 3.8) is 0 Å². The van der Waals surface area contributed by atoms with Crippen LogP contribution >= 0.6 is 11.8 Å². The van der Waals surface area contributed by atoms with E-state index in [1.165, 1.54) is 0 Å². The van der Waals surface area contributed by atoms with Gasteiger partial charge in [-0.25, -0.2) is 9.97 Å². The van der Waals surface area contributed by atoms with Crippen LogP contribution in [0.3, 0.4) is 0 Å². The van der Waals surface area contributed by atoms with Crippen molar-refractivity contribution in [1.29, 1.82) is 0 Å². The number of aryl methyl sites for hydroxylation is 2. The van der Waals surface area contributed by atoms with Crippen LogP contribution < -0.4 is 4.90 Å². The van der Waals surface area contributed by atoms with E-state index in [1.54, 1.807) is 11.8 Å². The molecule has 118 valence electrons. The lowest BCUT2D eigenvalue weighted by molar-refractivity contribution is 0.215. The van der Waals surface area contributed by atoms with Crippen LogP contribution in [0.1, 0.15) is 17.3 Å². The minimum atomic E-state index is 0.689. The summed E-state index contributed by atoms with van der Waals surface area (Å²) in [4.78, 5) is 17.9. The summed E-state index contributed by atoms with van der Waals surface area (Å²) in [6.07, 6.45) is 3.90. The third kappa shape index (κ3) is 3.38. The molecule has 1 aliphatic heterocycles. The van der Waals surface area contributed by atoms with E-state index in [2.05, 4.69) is 36.8 Å². The SMILES string of the molecule is CSc1ncc(C)c(N2CCN(Cc3nc(C)no3)CC2)n1. The zero-order chi connectivity index (χ0) is 15.5. The van der Waals surface area contributed by atoms with Crippen molar-refractivity contribution in [1.82, 2.24) is 25.0 Å². The van der Waals surface area contributed by atoms with E-state index in [-0.39, 0.29) is 0 Å². The number of piperazine rings is 1. The molecule has 2 aromatic rings. The molecule has 3 rings (SSSR count). The van der Waals surface area contributed by atoms with Crippen molar-refractivity contribution >= 4 is 17.6 Å². The normalized spacial score (nSPS) is 16.2. The number of thioether (sulfide) groups is 1. The first-order valence-corrected chi connectivity index (χ1v) is 8.52. The van der Waals surface area contributed by atoms with Crippen LogP contribution in [0.5, 0.6) is 0 Å². The Balaban J connectivity index is 1.61. The summed E-state index contributed by atoms with van der Waals surface area (Å²) in [7, 11) is 0.